The Bertz CT molecular complexity index is 811. The molecule has 0 aliphatic rings. The van der Waals surface area contributed by atoms with E-state index in [-0.39, 0.29) is 9.79 Å². The van der Waals surface area contributed by atoms with E-state index in [9.17, 15) is 16.8 Å². The predicted octanol–water partition coefficient (Wildman–Crippen LogP) is 1.70. The van der Waals surface area contributed by atoms with Gasteiger partial charge in [0.15, 0.2) is 9.84 Å². The van der Waals surface area contributed by atoms with E-state index in [0.29, 0.717) is 0 Å². The Hall–Kier alpha value is -1.70. The lowest BCUT2D eigenvalue weighted by molar-refractivity contribution is 0.576. The van der Waals surface area contributed by atoms with Crippen LogP contribution in [0.25, 0.3) is 0 Å². The molecule has 0 bridgehead atoms. The first-order chi connectivity index (χ1) is 9.81. The number of hydrogen-bond acceptors (Lipinski definition) is 4. The molecule has 0 spiro atoms. The first-order valence-corrected chi connectivity index (χ1v) is 9.29. The third-order valence-corrected chi connectivity index (χ3v) is 5.99. The lowest BCUT2D eigenvalue weighted by Gasteiger charge is -2.08. The van der Waals surface area contributed by atoms with Crippen molar-refractivity contribution >= 4 is 19.9 Å². The molecule has 112 valence electrons. The van der Waals surface area contributed by atoms with Gasteiger partial charge < -0.3 is 0 Å². The van der Waals surface area contributed by atoms with Gasteiger partial charge in [0, 0.05) is 0 Å². The molecule has 0 fully saturated rings. The van der Waals surface area contributed by atoms with Crippen LogP contribution in [0.5, 0.6) is 0 Å². The first-order valence-electron chi connectivity index (χ1n) is 6.15. The van der Waals surface area contributed by atoms with Gasteiger partial charge in [-0.2, -0.15) is 4.72 Å². The van der Waals surface area contributed by atoms with E-state index in [1.165, 1.54) is 24.3 Å². The van der Waals surface area contributed by atoms with Crippen LogP contribution in [-0.2, 0) is 19.9 Å². The molecule has 0 heterocycles. The number of benzene rings is 2. The second-order valence-corrected chi connectivity index (χ2v) is 8.29. The lowest BCUT2D eigenvalue weighted by Crippen LogP contribution is -2.29. The molecule has 2 aromatic rings. The van der Waals surface area contributed by atoms with Crippen LogP contribution in [0.15, 0.2) is 64.4 Å². The number of hydrogen-bond donors (Lipinski definition) is 1. The number of aryl methyl sites for hydroxylation is 1. The van der Waals surface area contributed by atoms with E-state index in [1.54, 1.807) is 30.3 Å². The van der Waals surface area contributed by atoms with Crippen LogP contribution >= 0.6 is 0 Å². The summed E-state index contributed by atoms with van der Waals surface area (Å²) in [6, 6.07) is 13.9. The van der Waals surface area contributed by atoms with Crippen molar-refractivity contribution in [3.63, 3.8) is 0 Å². The minimum absolute atomic E-state index is 0.0383. The zero-order valence-electron chi connectivity index (χ0n) is 11.4. The fourth-order valence-corrected chi connectivity index (χ4v) is 4.31. The van der Waals surface area contributed by atoms with E-state index < -0.39 is 25.7 Å². The van der Waals surface area contributed by atoms with Gasteiger partial charge in [-0.15, -0.1) is 0 Å². The number of rotatable bonds is 5. The van der Waals surface area contributed by atoms with Crippen LogP contribution in [-0.4, -0.2) is 22.7 Å². The largest absolute Gasteiger partial charge is 0.241 e. The summed E-state index contributed by atoms with van der Waals surface area (Å²) >= 11 is 0. The van der Waals surface area contributed by atoms with Gasteiger partial charge in [-0.25, -0.2) is 16.8 Å². The standard InChI is InChI=1S/C14H15NO4S2/c1-12-7-9-14(10-8-12)21(18,19)15-11-20(16,17)13-5-3-2-4-6-13/h2-10,15H,11H2,1H3. The van der Waals surface area contributed by atoms with Crippen LogP contribution < -0.4 is 4.72 Å². The molecule has 0 aliphatic carbocycles. The predicted molar refractivity (Wildman–Crippen MR) is 80.0 cm³/mol. The van der Waals surface area contributed by atoms with Crippen molar-refractivity contribution in [3.8, 4) is 0 Å². The van der Waals surface area contributed by atoms with Crippen molar-refractivity contribution in [3.05, 3.63) is 60.2 Å². The zero-order valence-corrected chi connectivity index (χ0v) is 13.0. The van der Waals surface area contributed by atoms with Gasteiger partial charge in [-0.1, -0.05) is 35.9 Å². The van der Waals surface area contributed by atoms with E-state index in [2.05, 4.69) is 4.72 Å². The normalized spacial score (nSPS) is 12.2. The van der Waals surface area contributed by atoms with Gasteiger partial charge >= 0.3 is 0 Å². The molecule has 2 rings (SSSR count). The van der Waals surface area contributed by atoms with Crippen molar-refractivity contribution in [2.24, 2.45) is 0 Å². The van der Waals surface area contributed by atoms with Crippen LogP contribution in [0.1, 0.15) is 5.56 Å². The second-order valence-electron chi connectivity index (χ2n) is 4.53. The van der Waals surface area contributed by atoms with E-state index in [4.69, 9.17) is 0 Å². The number of sulfone groups is 1. The van der Waals surface area contributed by atoms with Gasteiger partial charge in [0.1, 0.15) is 5.88 Å². The Morgan fingerprint density at radius 3 is 1.95 bits per heavy atom. The average molecular weight is 325 g/mol. The average Bonchev–Trinajstić information content (AvgIpc) is 2.47. The zero-order chi connectivity index (χ0) is 15.5. The van der Waals surface area contributed by atoms with Crippen LogP contribution in [0.4, 0.5) is 0 Å². The van der Waals surface area contributed by atoms with E-state index >= 15 is 0 Å². The molecule has 0 saturated carbocycles. The summed E-state index contributed by atoms with van der Waals surface area (Å²) in [6.45, 7) is 1.84. The van der Waals surface area contributed by atoms with Gasteiger partial charge in [0.25, 0.3) is 0 Å². The summed E-state index contributed by atoms with van der Waals surface area (Å²) in [7, 11) is -7.55. The SMILES string of the molecule is Cc1ccc(S(=O)(=O)NCS(=O)(=O)c2ccccc2)cc1. The highest BCUT2D eigenvalue weighted by Crippen LogP contribution is 2.12. The summed E-state index contributed by atoms with van der Waals surface area (Å²) in [4.78, 5) is 0.118. The highest BCUT2D eigenvalue weighted by molar-refractivity contribution is 7.94. The summed E-state index contributed by atoms with van der Waals surface area (Å²) in [6.07, 6.45) is 0. The molecule has 21 heavy (non-hydrogen) atoms. The first kappa shape index (κ1) is 15.7. The summed E-state index contributed by atoms with van der Waals surface area (Å²) in [5.74, 6) is -0.673. The molecule has 0 saturated heterocycles. The summed E-state index contributed by atoms with van der Waals surface area (Å²) < 4.78 is 50.3. The highest BCUT2D eigenvalue weighted by atomic mass is 32.2. The molecule has 0 unspecified atom stereocenters. The van der Waals surface area contributed by atoms with Gasteiger partial charge in [0.2, 0.25) is 10.0 Å². The molecule has 0 radical (unpaired) electrons. The highest BCUT2D eigenvalue weighted by Gasteiger charge is 2.20. The van der Waals surface area contributed by atoms with Crippen LogP contribution in [0.2, 0.25) is 0 Å². The molecule has 2 aromatic carbocycles. The van der Waals surface area contributed by atoms with Crippen molar-refractivity contribution in [2.45, 2.75) is 16.7 Å². The minimum atomic E-state index is -3.85. The monoisotopic (exact) mass is 325 g/mol. The lowest BCUT2D eigenvalue weighted by atomic mass is 10.2. The van der Waals surface area contributed by atoms with Gasteiger partial charge in [-0.05, 0) is 31.2 Å². The van der Waals surface area contributed by atoms with Gasteiger partial charge in [-0.3, -0.25) is 0 Å². The maximum Gasteiger partial charge on any atom is 0.241 e. The summed E-state index contributed by atoms with van der Waals surface area (Å²) in [5.41, 5.74) is 0.922. The maximum atomic E-state index is 12.0. The van der Waals surface area contributed by atoms with Crippen LogP contribution in [0.3, 0.4) is 0 Å². The van der Waals surface area contributed by atoms with Gasteiger partial charge in [0.05, 0.1) is 9.79 Å². The van der Waals surface area contributed by atoms with Crippen molar-refractivity contribution < 1.29 is 16.8 Å². The van der Waals surface area contributed by atoms with Crippen molar-refractivity contribution in [2.75, 3.05) is 5.88 Å². The molecule has 1 N–H and O–H groups in total. The molecular weight excluding hydrogens is 310 g/mol. The Labute approximate surface area is 124 Å². The fourth-order valence-electron chi connectivity index (χ4n) is 1.67. The van der Waals surface area contributed by atoms with E-state index in [1.807, 2.05) is 6.92 Å². The topological polar surface area (TPSA) is 80.3 Å². The van der Waals surface area contributed by atoms with E-state index in [0.717, 1.165) is 5.56 Å². The van der Waals surface area contributed by atoms with Crippen LogP contribution in [0, 0.1) is 6.92 Å². The fraction of sp³-hybridized carbons (Fsp3) is 0.143. The molecule has 7 heteroatoms. The third kappa shape index (κ3) is 3.90. The molecule has 5 nitrogen and oxygen atoms in total. The number of sulfonamides is 1. The Balaban J connectivity index is 2.17. The Kier molecular flexibility index (Phi) is 4.46. The summed E-state index contributed by atoms with van der Waals surface area (Å²) in [5, 5.41) is 0. The third-order valence-electron chi connectivity index (χ3n) is 2.87. The van der Waals surface area contributed by atoms with Crippen molar-refractivity contribution in [1.29, 1.82) is 0 Å². The molecule has 0 amide bonds. The molecule has 0 atom stereocenters. The maximum absolute atomic E-state index is 12.0. The van der Waals surface area contributed by atoms with Crippen molar-refractivity contribution in [1.82, 2.24) is 4.72 Å². The molecule has 0 aromatic heterocycles. The Morgan fingerprint density at radius 1 is 0.810 bits per heavy atom. The minimum Gasteiger partial charge on any atom is -0.222 e. The molecular formula is C14H15NO4S2. The smallest absolute Gasteiger partial charge is 0.222 e. The Morgan fingerprint density at radius 2 is 1.38 bits per heavy atom. The second kappa shape index (κ2) is 5.97. The quantitative estimate of drug-likeness (QED) is 0.907. The molecule has 0 aliphatic heterocycles. The number of nitrogens with one attached hydrogen (secondary N) is 1.